The molecular formula is C14H28. The minimum Gasteiger partial charge on any atom is -0.0651 e. The maximum Gasteiger partial charge on any atom is -0.0414 e. The molecule has 1 rings (SSSR count). The van der Waals surface area contributed by atoms with Gasteiger partial charge in [0.25, 0.3) is 0 Å². The minimum atomic E-state index is 1.01. The Morgan fingerprint density at radius 2 is 1.64 bits per heavy atom. The third-order valence-electron chi connectivity index (χ3n) is 4.10. The van der Waals surface area contributed by atoms with Gasteiger partial charge in [-0.2, -0.15) is 0 Å². The lowest BCUT2D eigenvalue weighted by atomic mass is 9.84. The zero-order valence-corrected chi connectivity index (χ0v) is 10.2. The van der Waals surface area contributed by atoms with Gasteiger partial charge in [0.2, 0.25) is 0 Å². The third-order valence-corrected chi connectivity index (χ3v) is 4.10. The van der Waals surface area contributed by atoms with Crippen LogP contribution in [0.5, 0.6) is 0 Å². The molecule has 0 aromatic rings. The fourth-order valence-corrected chi connectivity index (χ4v) is 2.87. The maximum atomic E-state index is 2.34. The van der Waals surface area contributed by atoms with Crippen LogP contribution in [0.25, 0.3) is 0 Å². The second-order valence-electron chi connectivity index (χ2n) is 5.12. The SMILES string of the molecule is CCC(CC)CCCC1CCCCC1. The fourth-order valence-electron chi connectivity index (χ4n) is 2.87. The van der Waals surface area contributed by atoms with Gasteiger partial charge in [-0.1, -0.05) is 78.1 Å². The van der Waals surface area contributed by atoms with E-state index < -0.39 is 0 Å². The second-order valence-corrected chi connectivity index (χ2v) is 5.12. The van der Waals surface area contributed by atoms with Crippen molar-refractivity contribution in [3.05, 3.63) is 0 Å². The molecule has 84 valence electrons. The summed E-state index contributed by atoms with van der Waals surface area (Å²) in [5.74, 6) is 2.11. The molecule has 0 amide bonds. The molecule has 0 saturated heterocycles. The van der Waals surface area contributed by atoms with Gasteiger partial charge >= 0.3 is 0 Å². The summed E-state index contributed by atoms with van der Waals surface area (Å²) in [6, 6.07) is 0. The van der Waals surface area contributed by atoms with Crippen LogP contribution in [0.3, 0.4) is 0 Å². The average Bonchev–Trinajstić information content (AvgIpc) is 2.26. The smallest absolute Gasteiger partial charge is 0.0414 e. The summed E-state index contributed by atoms with van der Waals surface area (Å²) < 4.78 is 0. The minimum absolute atomic E-state index is 1.01. The number of rotatable bonds is 6. The van der Waals surface area contributed by atoms with Gasteiger partial charge < -0.3 is 0 Å². The van der Waals surface area contributed by atoms with Gasteiger partial charge in [-0.05, 0) is 11.8 Å². The highest BCUT2D eigenvalue weighted by atomic mass is 14.2. The van der Waals surface area contributed by atoms with Crippen molar-refractivity contribution in [1.82, 2.24) is 0 Å². The fraction of sp³-hybridized carbons (Fsp3) is 1.00. The van der Waals surface area contributed by atoms with Gasteiger partial charge in [-0.3, -0.25) is 0 Å². The highest BCUT2D eigenvalue weighted by Crippen LogP contribution is 2.29. The van der Waals surface area contributed by atoms with Crippen molar-refractivity contribution in [3.63, 3.8) is 0 Å². The molecule has 0 aromatic heterocycles. The molecule has 1 saturated carbocycles. The largest absolute Gasteiger partial charge is 0.0651 e. The molecule has 0 heteroatoms. The molecule has 0 heterocycles. The topological polar surface area (TPSA) is 0 Å². The summed E-state index contributed by atoms with van der Waals surface area (Å²) in [6.45, 7) is 4.68. The van der Waals surface area contributed by atoms with Crippen LogP contribution < -0.4 is 0 Å². The van der Waals surface area contributed by atoms with Crippen molar-refractivity contribution in [2.24, 2.45) is 11.8 Å². The van der Waals surface area contributed by atoms with Crippen LogP contribution in [0, 0.1) is 11.8 Å². The summed E-state index contributed by atoms with van der Waals surface area (Å²) in [5.41, 5.74) is 0. The predicted octanol–water partition coefficient (Wildman–Crippen LogP) is 5.17. The monoisotopic (exact) mass is 196 g/mol. The highest BCUT2D eigenvalue weighted by Gasteiger charge is 2.13. The van der Waals surface area contributed by atoms with E-state index >= 15 is 0 Å². The molecule has 0 spiro atoms. The van der Waals surface area contributed by atoms with Crippen molar-refractivity contribution < 1.29 is 0 Å². The lowest BCUT2D eigenvalue weighted by molar-refractivity contribution is 0.315. The average molecular weight is 196 g/mol. The molecule has 0 unspecified atom stereocenters. The van der Waals surface area contributed by atoms with Gasteiger partial charge in [-0.15, -0.1) is 0 Å². The van der Waals surface area contributed by atoms with Crippen LogP contribution in [-0.2, 0) is 0 Å². The van der Waals surface area contributed by atoms with Crippen LogP contribution in [-0.4, -0.2) is 0 Å². The van der Waals surface area contributed by atoms with Gasteiger partial charge in [-0.25, -0.2) is 0 Å². The zero-order chi connectivity index (χ0) is 10.2. The van der Waals surface area contributed by atoms with Crippen molar-refractivity contribution in [1.29, 1.82) is 0 Å². The van der Waals surface area contributed by atoms with E-state index in [1.165, 1.54) is 64.2 Å². The third kappa shape index (κ3) is 4.48. The number of hydrogen-bond acceptors (Lipinski definition) is 0. The Morgan fingerprint density at radius 3 is 2.21 bits per heavy atom. The Morgan fingerprint density at radius 1 is 1.00 bits per heavy atom. The van der Waals surface area contributed by atoms with Crippen LogP contribution in [0.1, 0.15) is 78.1 Å². The van der Waals surface area contributed by atoms with E-state index in [0.29, 0.717) is 0 Å². The van der Waals surface area contributed by atoms with Crippen LogP contribution in [0.15, 0.2) is 0 Å². The maximum absolute atomic E-state index is 2.34. The zero-order valence-electron chi connectivity index (χ0n) is 10.2. The summed E-state index contributed by atoms with van der Waals surface area (Å²) >= 11 is 0. The Bertz CT molecular complexity index is 118. The first-order valence-electron chi connectivity index (χ1n) is 6.86. The van der Waals surface area contributed by atoms with E-state index in [1.807, 2.05) is 0 Å². The second kappa shape index (κ2) is 7.31. The first-order valence-corrected chi connectivity index (χ1v) is 6.86. The van der Waals surface area contributed by atoms with Crippen LogP contribution >= 0.6 is 0 Å². The van der Waals surface area contributed by atoms with E-state index in [-0.39, 0.29) is 0 Å². The standard InChI is InChI=1S/C14H28/c1-3-13(4-2)11-8-12-14-9-6-5-7-10-14/h13-14H,3-12H2,1-2H3. The lowest BCUT2D eigenvalue weighted by Gasteiger charge is -2.22. The van der Waals surface area contributed by atoms with Gasteiger partial charge in [0, 0.05) is 0 Å². The van der Waals surface area contributed by atoms with Crippen LogP contribution in [0.4, 0.5) is 0 Å². The normalized spacial score (nSPS) is 19.1. The Hall–Kier alpha value is 0. The van der Waals surface area contributed by atoms with Crippen molar-refractivity contribution in [2.45, 2.75) is 78.1 Å². The van der Waals surface area contributed by atoms with Gasteiger partial charge in [0.05, 0.1) is 0 Å². The summed E-state index contributed by atoms with van der Waals surface area (Å²) in [5, 5.41) is 0. The Labute approximate surface area is 90.5 Å². The van der Waals surface area contributed by atoms with Crippen molar-refractivity contribution >= 4 is 0 Å². The summed E-state index contributed by atoms with van der Waals surface area (Å²) in [7, 11) is 0. The molecule has 0 atom stereocenters. The molecule has 0 bridgehead atoms. The molecule has 0 N–H and O–H groups in total. The number of hydrogen-bond donors (Lipinski definition) is 0. The van der Waals surface area contributed by atoms with E-state index in [4.69, 9.17) is 0 Å². The highest BCUT2D eigenvalue weighted by molar-refractivity contribution is 4.66. The van der Waals surface area contributed by atoms with Crippen molar-refractivity contribution in [3.8, 4) is 0 Å². The molecule has 0 aromatic carbocycles. The quantitative estimate of drug-likeness (QED) is 0.549. The van der Waals surface area contributed by atoms with Gasteiger partial charge in [0.15, 0.2) is 0 Å². The molecular weight excluding hydrogens is 168 g/mol. The molecule has 1 aliphatic carbocycles. The molecule has 1 fully saturated rings. The molecule has 14 heavy (non-hydrogen) atoms. The van der Waals surface area contributed by atoms with Crippen LogP contribution in [0.2, 0.25) is 0 Å². The van der Waals surface area contributed by atoms with E-state index in [0.717, 1.165) is 11.8 Å². The summed E-state index contributed by atoms with van der Waals surface area (Å²) in [4.78, 5) is 0. The first kappa shape index (κ1) is 12.1. The van der Waals surface area contributed by atoms with Crippen molar-refractivity contribution in [2.75, 3.05) is 0 Å². The lowest BCUT2D eigenvalue weighted by Crippen LogP contribution is -2.07. The molecule has 0 aliphatic heterocycles. The van der Waals surface area contributed by atoms with E-state index in [9.17, 15) is 0 Å². The van der Waals surface area contributed by atoms with E-state index in [1.54, 1.807) is 0 Å². The molecule has 0 radical (unpaired) electrons. The van der Waals surface area contributed by atoms with E-state index in [2.05, 4.69) is 13.8 Å². The molecule has 1 aliphatic rings. The first-order chi connectivity index (χ1) is 6.86. The molecule has 0 nitrogen and oxygen atoms in total. The Kier molecular flexibility index (Phi) is 6.31. The van der Waals surface area contributed by atoms with Gasteiger partial charge in [0.1, 0.15) is 0 Å². The summed E-state index contributed by atoms with van der Waals surface area (Å²) in [6.07, 6.45) is 14.9. The Balaban J connectivity index is 2.01. The predicted molar refractivity (Wildman–Crippen MR) is 64.5 cm³/mol.